The first-order chi connectivity index (χ1) is 9.61. The van der Waals surface area contributed by atoms with Gasteiger partial charge in [0.05, 0.1) is 23.0 Å². The fraction of sp³-hybridized carbons (Fsp3) is 0.308. The van der Waals surface area contributed by atoms with Gasteiger partial charge in [-0.05, 0) is 18.2 Å². The molecule has 0 saturated carbocycles. The zero-order valence-electron chi connectivity index (χ0n) is 11.0. The summed E-state index contributed by atoms with van der Waals surface area (Å²) in [6.07, 6.45) is 3.59. The first kappa shape index (κ1) is 14.5. The van der Waals surface area contributed by atoms with Crippen LogP contribution in [0.2, 0.25) is 5.02 Å². The molecule has 0 radical (unpaired) electrons. The van der Waals surface area contributed by atoms with Crippen LogP contribution in [0.25, 0.3) is 0 Å². The van der Waals surface area contributed by atoms with Crippen molar-refractivity contribution in [2.75, 3.05) is 6.54 Å². The Morgan fingerprint density at radius 1 is 1.50 bits per heavy atom. The third-order valence-electron chi connectivity index (χ3n) is 2.92. The van der Waals surface area contributed by atoms with E-state index in [1.807, 2.05) is 17.7 Å². The zero-order valence-corrected chi connectivity index (χ0v) is 11.8. The van der Waals surface area contributed by atoms with Gasteiger partial charge in [0.1, 0.15) is 5.82 Å². The molecule has 1 aromatic carbocycles. The molecule has 7 heteroatoms. The van der Waals surface area contributed by atoms with E-state index in [4.69, 9.17) is 11.6 Å². The summed E-state index contributed by atoms with van der Waals surface area (Å²) < 4.78 is 1.97. The molecule has 0 saturated heterocycles. The molecule has 0 amide bonds. The number of nitrogens with one attached hydrogen (secondary N) is 1. The minimum atomic E-state index is -0.455. The van der Waals surface area contributed by atoms with Gasteiger partial charge in [0, 0.05) is 24.5 Å². The molecule has 106 valence electrons. The molecule has 2 aromatic rings. The average molecular weight is 295 g/mol. The maximum atomic E-state index is 10.7. The molecule has 6 nitrogen and oxygen atoms in total. The van der Waals surface area contributed by atoms with Gasteiger partial charge < -0.3 is 9.88 Å². The summed E-state index contributed by atoms with van der Waals surface area (Å²) in [5.41, 5.74) is 0.824. The molecule has 0 aliphatic carbocycles. The van der Waals surface area contributed by atoms with Gasteiger partial charge in [0.25, 0.3) is 5.69 Å². The number of benzene rings is 1. The minimum absolute atomic E-state index is 0.00254. The van der Waals surface area contributed by atoms with Crippen LogP contribution >= 0.6 is 11.6 Å². The topological polar surface area (TPSA) is 73.0 Å². The van der Waals surface area contributed by atoms with Crippen LogP contribution in [0.4, 0.5) is 5.69 Å². The Morgan fingerprint density at radius 2 is 2.30 bits per heavy atom. The van der Waals surface area contributed by atoms with Crippen LogP contribution in [-0.4, -0.2) is 21.0 Å². The first-order valence-corrected chi connectivity index (χ1v) is 6.63. The van der Waals surface area contributed by atoms with E-state index in [2.05, 4.69) is 10.3 Å². The predicted octanol–water partition coefficient (Wildman–Crippen LogP) is 2.60. The van der Waals surface area contributed by atoms with Crippen molar-refractivity contribution in [2.24, 2.45) is 0 Å². The van der Waals surface area contributed by atoms with Gasteiger partial charge in [-0.2, -0.15) is 0 Å². The molecule has 2 rings (SSSR count). The van der Waals surface area contributed by atoms with Gasteiger partial charge in [-0.1, -0.05) is 18.5 Å². The molecule has 1 aromatic heterocycles. The molecule has 0 fully saturated rings. The van der Waals surface area contributed by atoms with Crippen LogP contribution in [0, 0.1) is 10.1 Å². The van der Waals surface area contributed by atoms with Crippen molar-refractivity contribution in [3.8, 4) is 0 Å². The number of hydrogen-bond donors (Lipinski definition) is 1. The van der Waals surface area contributed by atoms with Crippen molar-refractivity contribution in [1.82, 2.24) is 14.9 Å². The molecule has 0 spiro atoms. The number of nitrogens with zero attached hydrogens (tertiary/aromatic N) is 3. The normalized spacial score (nSPS) is 10.7. The van der Waals surface area contributed by atoms with Gasteiger partial charge in [0.2, 0.25) is 0 Å². The number of rotatable bonds is 6. The lowest BCUT2D eigenvalue weighted by Gasteiger charge is -2.09. The zero-order chi connectivity index (χ0) is 14.5. The Kier molecular flexibility index (Phi) is 4.70. The van der Waals surface area contributed by atoms with Gasteiger partial charge in [-0.25, -0.2) is 4.98 Å². The van der Waals surface area contributed by atoms with E-state index in [0.717, 1.165) is 17.9 Å². The van der Waals surface area contributed by atoms with Crippen molar-refractivity contribution in [3.63, 3.8) is 0 Å². The molecule has 0 atom stereocenters. The van der Waals surface area contributed by atoms with Crippen molar-refractivity contribution in [3.05, 3.63) is 57.1 Å². The number of halogens is 1. The van der Waals surface area contributed by atoms with E-state index in [1.54, 1.807) is 12.3 Å². The van der Waals surface area contributed by atoms with Crippen LogP contribution in [0.1, 0.15) is 18.3 Å². The van der Waals surface area contributed by atoms with Gasteiger partial charge >= 0.3 is 0 Å². The summed E-state index contributed by atoms with van der Waals surface area (Å²) in [4.78, 5) is 14.5. The molecular formula is C13H15ClN4O2. The average Bonchev–Trinajstić information content (AvgIpc) is 2.85. The predicted molar refractivity (Wildman–Crippen MR) is 76.8 cm³/mol. The number of imidazole rings is 1. The highest BCUT2D eigenvalue weighted by Crippen LogP contribution is 2.23. The van der Waals surface area contributed by atoms with Crippen molar-refractivity contribution < 1.29 is 4.92 Å². The number of nitro groups is 1. The van der Waals surface area contributed by atoms with E-state index < -0.39 is 4.92 Å². The Labute approximate surface area is 121 Å². The smallest absolute Gasteiger partial charge is 0.270 e. The number of non-ortho nitro benzene ring substituents is 1. The Morgan fingerprint density at radius 3 is 2.95 bits per heavy atom. The molecule has 1 N–H and O–H groups in total. The van der Waals surface area contributed by atoms with Crippen LogP contribution in [-0.2, 0) is 13.1 Å². The van der Waals surface area contributed by atoms with E-state index in [1.165, 1.54) is 12.1 Å². The number of hydrogen-bond acceptors (Lipinski definition) is 4. The molecule has 0 bridgehead atoms. The molecule has 0 aliphatic heterocycles. The van der Waals surface area contributed by atoms with E-state index in [-0.39, 0.29) is 5.69 Å². The standard InChI is InChI=1S/C13H15ClN4O2/c1-2-15-8-13-16-5-6-17(13)9-10-3-4-11(18(19)20)7-12(10)14/h3-7,15H,2,8-9H2,1H3. The monoisotopic (exact) mass is 294 g/mol. The summed E-state index contributed by atoms with van der Waals surface area (Å²) in [7, 11) is 0. The minimum Gasteiger partial charge on any atom is -0.329 e. The maximum Gasteiger partial charge on any atom is 0.270 e. The highest BCUT2D eigenvalue weighted by Gasteiger charge is 2.11. The van der Waals surface area contributed by atoms with Crippen LogP contribution in [0.3, 0.4) is 0 Å². The van der Waals surface area contributed by atoms with Crippen LogP contribution < -0.4 is 5.32 Å². The largest absolute Gasteiger partial charge is 0.329 e. The van der Waals surface area contributed by atoms with Crippen LogP contribution in [0.15, 0.2) is 30.6 Å². The summed E-state index contributed by atoms with van der Waals surface area (Å²) in [6, 6.07) is 4.51. The van der Waals surface area contributed by atoms with E-state index in [0.29, 0.717) is 18.1 Å². The third-order valence-corrected chi connectivity index (χ3v) is 3.27. The lowest BCUT2D eigenvalue weighted by Crippen LogP contribution is -2.16. The summed E-state index contributed by atoms with van der Waals surface area (Å²) in [5.74, 6) is 0.904. The van der Waals surface area contributed by atoms with E-state index >= 15 is 0 Å². The summed E-state index contributed by atoms with van der Waals surface area (Å²) in [6.45, 7) is 4.11. The third kappa shape index (κ3) is 3.34. The quantitative estimate of drug-likeness (QED) is 0.656. The lowest BCUT2D eigenvalue weighted by molar-refractivity contribution is -0.384. The molecule has 1 heterocycles. The SMILES string of the molecule is CCNCc1nccn1Cc1ccc([N+](=O)[O-])cc1Cl. The highest BCUT2D eigenvalue weighted by molar-refractivity contribution is 6.31. The van der Waals surface area contributed by atoms with E-state index in [9.17, 15) is 10.1 Å². The Balaban J connectivity index is 2.18. The molecule has 20 heavy (non-hydrogen) atoms. The van der Waals surface area contributed by atoms with Crippen molar-refractivity contribution in [2.45, 2.75) is 20.0 Å². The highest BCUT2D eigenvalue weighted by atomic mass is 35.5. The van der Waals surface area contributed by atoms with Crippen molar-refractivity contribution in [1.29, 1.82) is 0 Å². The lowest BCUT2D eigenvalue weighted by atomic mass is 10.2. The molecular weight excluding hydrogens is 280 g/mol. The van der Waals surface area contributed by atoms with Crippen molar-refractivity contribution >= 4 is 17.3 Å². The number of nitro benzene ring substituents is 1. The maximum absolute atomic E-state index is 10.7. The molecule has 0 aliphatic rings. The summed E-state index contributed by atoms with van der Waals surface area (Å²) >= 11 is 6.09. The second-order valence-electron chi connectivity index (χ2n) is 4.28. The molecule has 0 unspecified atom stereocenters. The van der Waals surface area contributed by atoms with Gasteiger partial charge in [0.15, 0.2) is 0 Å². The first-order valence-electron chi connectivity index (χ1n) is 6.25. The fourth-order valence-electron chi connectivity index (χ4n) is 1.85. The fourth-order valence-corrected chi connectivity index (χ4v) is 2.08. The Hall–Kier alpha value is -1.92. The Bertz CT molecular complexity index is 612. The second kappa shape index (κ2) is 6.49. The van der Waals surface area contributed by atoms with Gasteiger partial charge in [-0.15, -0.1) is 0 Å². The van der Waals surface area contributed by atoms with Gasteiger partial charge in [-0.3, -0.25) is 10.1 Å². The van der Waals surface area contributed by atoms with Crippen LogP contribution in [0.5, 0.6) is 0 Å². The second-order valence-corrected chi connectivity index (χ2v) is 4.69. The number of aromatic nitrogens is 2. The summed E-state index contributed by atoms with van der Waals surface area (Å²) in [5, 5.41) is 14.3.